The maximum absolute atomic E-state index is 13.0. The second-order valence-electron chi connectivity index (χ2n) is 8.12. The van der Waals surface area contributed by atoms with Gasteiger partial charge in [-0.15, -0.1) is 11.3 Å². The summed E-state index contributed by atoms with van der Waals surface area (Å²) in [5, 5.41) is 14.3. The van der Waals surface area contributed by atoms with Crippen molar-refractivity contribution < 1.29 is 19.3 Å². The van der Waals surface area contributed by atoms with Crippen molar-refractivity contribution in [3.63, 3.8) is 0 Å². The molecule has 11 heteroatoms. The number of amides is 3. The van der Waals surface area contributed by atoms with Crippen LogP contribution in [0.4, 0.5) is 17.1 Å². The Kier molecular flexibility index (Phi) is 6.02. The van der Waals surface area contributed by atoms with E-state index in [0.717, 1.165) is 26.4 Å². The molecule has 1 aromatic heterocycles. The van der Waals surface area contributed by atoms with Gasteiger partial charge in [-0.1, -0.05) is 30.0 Å². The molecule has 0 saturated heterocycles. The zero-order valence-corrected chi connectivity index (χ0v) is 20.7. The van der Waals surface area contributed by atoms with E-state index in [4.69, 9.17) is 0 Å². The molecule has 36 heavy (non-hydrogen) atoms. The van der Waals surface area contributed by atoms with Crippen molar-refractivity contribution in [2.24, 2.45) is 0 Å². The number of fused-ring (bicyclic) bond motifs is 2. The Hall–Kier alpha value is -4.09. The van der Waals surface area contributed by atoms with Gasteiger partial charge in [-0.05, 0) is 55.3 Å². The molecule has 2 heterocycles. The molecule has 0 radical (unpaired) electrons. The number of nitrogens with one attached hydrogen (secondary N) is 1. The molecule has 0 atom stereocenters. The van der Waals surface area contributed by atoms with Crippen molar-refractivity contribution in [3.05, 3.63) is 87.0 Å². The lowest BCUT2D eigenvalue weighted by molar-refractivity contribution is -0.385. The summed E-state index contributed by atoms with van der Waals surface area (Å²) >= 11 is 2.62. The topological polar surface area (TPSA) is 123 Å². The van der Waals surface area contributed by atoms with Gasteiger partial charge in [-0.3, -0.25) is 24.5 Å². The molecule has 180 valence electrons. The summed E-state index contributed by atoms with van der Waals surface area (Å²) in [6.07, 6.45) is 0. The zero-order valence-electron chi connectivity index (χ0n) is 19.1. The van der Waals surface area contributed by atoms with Crippen molar-refractivity contribution in [2.75, 3.05) is 16.0 Å². The molecule has 0 fully saturated rings. The van der Waals surface area contributed by atoms with Gasteiger partial charge in [0.15, 0.2) is 4.34 Å². The Morgan fingerprint density at radius 3 is 2.67 bits per heavy atom. The van der Waals surface area contributed by atoms with Gasteiger partial charge in [0.1, 0.15) is 5.56 Å². The molecular formula is C25H18N4O5S2. The first-order valence-electron chi connectivity index (χ1n) is 10.8. The van der Waals surface area contributed by atoms with E-state index in [1.807, 2.05) is 32.0 Å². The summed E-state index contributed by atoms with van der Waals surface area (Å²) in [7, 11) is 0. The highest BCUT2D eigenvalue weighted by atomic mass is 32.2. The van der Waals surface area contributed by atoms with E-state index >= 15 is 0 Å². The van der Waals surface area contributed by atoms with Crippen molar-refractivity contribution in [3.8, 4) is 0 Å². The summed E-state index contributed by atoms with van der Waals surface area (Å²) in [6.45, 7) is 3.94. The van der Waals surface area contributed by atoms with Crippen LogP contribution in [0.3, 0.4) is 0 Å². The second-order valence-corrected chi connectivity index (χ2v) is 10.4. The molecule has 0 spiro atoms. The minimum absolute atomic E-state index is 0.00436. The number of nitro groups is 1. The third-order valence-electron chi connectivity index (χ3n) is 5.91. The highest BCUT2D eigenvalue weighted by Gasteiger charge is 2.41. The van der Waals surface area contributed by atoms with E-state index in [9.17, 15) is 24.5 Å². The number of rotatable bonds is 6. The smallest absolute Gasteiger partial charge is 0.283 e. The molecule has 0 aliphatic carbocycles. The largest absolute Gasteiger partial charge is 0.325 e. The number of aromatic nitrogens is 1. The standard InChI is InChI=1S/C25H18N4O5S2/c1-13-5-3-7-17(14(13)2)26-21(30)12-35-25-27-18-10-9-15(11-20(18)36-25)28-23(31)16-6-4-8-19(29(33)34)22(16)24(28)32/h3-11H,12H2,1-2H3,(H,26,30). The summed E-state index contributed by atoms with van der Waals surface area (Å²) in [5.41, 5.74) is 3.24. The summed E-state index contributed by atoms with van der Waals surface area (Å²) in [6, 6.07) is 14.7. The molecule has 1 aliphatic heterocycles. The molecule has 4 aromatic rings. The van der Waals surface area contributed by atoms with E-state index in [1.165, 1.54) is 41.3 Å². The van der Waals surface area contributed by atoms with Crippen molar-refractivity contribution >= 4 is 68.1 Å². The fourth-order valence-electron chi connectivity index (χ4n) is 3.95. The van der Waals surface area contributed by atoms with E-state index in [1.54, 1.807) is 18.2 Å². The maximum Gasteiger partial charge on any atom is 0.283 e. The third kappa shape index (κ3) is 4.12. The number of nitrogens with zero attached hydrogens (tertiary/aromatic N) is 3. The Bertz CT molecular complexity index is 1600. The molecule has 1 aliphatic rings. The number of nitro benzene ring substituents is 1. The van der Waals surface area contributed by atoms with Crippen LogP contribution < -0.4 is 10.2 Å². The quantitative estimate of drug-likeness (QED) is 0.158. The minimum Gasteiger partial charge on any atom is -0.325 e. The van der Waals surface area contributed by atoms with Crippen LogP contribution in [0.25, 0.3) is 10.2 Å². The van der Waals surface area contributed by atoms with E-state index < -0.39 is 22.4 Å². The van der Waals surface area contributed by atoms with Crippen LogP contribution in [0.5, 0.6) is 0 Å². The number of aryl methyl sites for hydroxylation is 1. The number of anilines is 2. The second kappa shape index (κ2) is 9.17. The Morgan fingerprint density at radius 1 is 1.11 bits per heavy atom. The van der Waals surface area contributed by atoms with Crippen LogP contribution >= 0.6 is 23.1 Å². The van der Waals surface area contributed by atoms with Gasteiger partial charge < -0.3 is 5.32 Å². The number of thioether (sulfide) groups is 1. The number of carbonyl (C=O) groups is 3. The molecular weight excluding hydrogens is 500 g/mol. The summed E-state index contributed by atoms with van der Waals surface area (Å²) in [5.74, 6) is -1.33. The van der Waals surface area contributed by atoms with Gasteiger partial charge in [0.2, 0.25) is 5.91 Å². The Balaban J connectivity index is 1.34. The van der Waals surface area contributed by atoms with Crippen molar-refractivity contribution in [1.82, 2.24) is 4.98 Å². The Morgan fingerprint density at radius 2 is 1.89 bits per heavy atom. The lowest BCUT2D eigenvalue weighted by Gasteiger charge is -2.13. The average Bonchev–Trinajstić information content (AvgIpc) is 3.38. The lowest BCUT2D eigenvalue weighted by atomic mass is 10.1. The van der Waals surface area contributed by atoms with Crippen molar-refractivity contribution in [2.45, 2.75) is 18.2 Å². The number of carbonyl (C=O) groups excluding carboxylic acids is 3. The van der Waals surface area contributed by atoms with Crippen LogP contribution in [0.2, 0.25) is 0 Å². The van der Waals surface area contributed by atoms with Crippen molar-refractivity contribution in [1.29, 1.82) is 0 Å². The molecule has 5 rings (SSSR count). The summed E-state index contributed by atoms with van der Waals surface area (Å²) in [4.78, 5) is 54.5. The fraction of sp³-hybridized carbons (Fsp3) is 0.120. The predicted molar refractivity (Wildman–Crippen MR) is 139 cm³/mol. The van der Waals surface area contributed by atoms with Gasteiger partial charge in [0.25, 0.3) is 17.5 Å². The first-order chi connectivity index (χ1) is 17.2. The molecule has 3 amide bonds. The van der Waals surface area contributed by atoms with Gasteiger partial charge in [0, 0.05) is 11.8 Å². The fourth-order valence-corrected chi connectivity index (χ4v) is 5.85. The number of benzene rings is 3. The van der Waals surface area contributed by atoms with E-state index in [2.05, 4.69) is 10.3 Å². The molecule has 3 aromatic carbocycles. The van der Waals surface area contributed by atoms with E-state index in [0.29, 0.717) is 15.5 Å². The maximum atomic E-state index is 13.0. The van der Waals surface area contributed by atoms with Crippen LogP contribution in [0, 0.1) is 24.0 Å². The van der Waals surface area contributed by atoms with Crippen LogP contribution in [0.1, 0.15) is 31.8 Å². The van der Waals surface area contributed by atoms with Crippen LogP contribution in [0.15, 0.2) is 58.9 Å². The number of hydrogen-bond acceptors (Lipinski definition) is 8. The zero-order chi connectivity index (χ0) is 25.6. The van der Waals surface area contributed by atoms with Gasteiger partial charge in [0.05, 0.1) is 32.1 Å². The average molecular weight is 519 g/mol. The van der Waals surface area contributed by atoms with E-state index in [-0.39, 0.29) is 22.8 Å². The molecule has 1 N–H and O–H groups in total. The number of hydrogen-bond donors (Lipinski definition) is 1. The Labute approximate surface area is 213 Å². The number of thiazole rings is 1. The van der Waals surface area contributed by atoms with Gasteiger partial charge in [-0.25, -0.2) is 9.88 Å². The van der Waals surface area contributed by atoms with Crippen LogP contribution in [-0.2, 0) is 4.79 Å². The third-order valence-corrected chi connectivity index (χ3v) is 8.07. The SMILES string of the molecule is Cc1cccc(NC(=O)CSc2nc3ccc(N4C(=O)c5cccc([N+](=O)[O-])c5C4=O)cc3s2)c1C. The monoisotopic (exact) mass is 518 g/mol. The molecule has 0 unspecified atom stereocenters. The first-order valence-corrected chi connectivity index (χ1v) is 12.6. The molecule has 9 nitrogen and oxygen atoms in total. The predicted octanol–water partition coefficient (Wildman–Crippen LogP) is 5.35. The molecule has 0 saturated carbocycles. The highest BCUT2D eigenvalue weighted by molar-refractivity contribution is 8.01. The minimum atomic E-state index is -0.733. The number of imide groups is 1. The summed E-state index contributed by atoms with van der Waals surface area (Å²) < 4.78 is 1.38. The highest BCUT2D eigenvalue weighted by Crippen LogP contribution is 2.37. The normalized spacial score (nSPS) is 12.8. The van der Waals surface area contributed by atoms with Gasteiger partial charge in [-0.2, -0.15) is 0 Å². The van der Waals surface area contributed by atoms with Gasteiger partial charge >= 0.3 is 0 Å². The lowest BCUT2D eigenvalue weighted by Crippen LogP contribution is -2.29. The van der Waals surface area contributed by atoms with Crippen LogP contribution in [-0.4, -0.2) is 33.4 Å². The first kappa shape index (κ1) is 23.6. The molecule has 0 bridgehead atoms.